The molecule has 0 aromatic carbocycles. The van der Waals surface area contributed by atoms with E-state index < -0.39 is 81.2 Å². The summed E-state index contributed by atoms with van der Waals surface area (Å²) in [5.41, 5.74) is -5.93. The Bertz CT molecular complexity index is 1250. The van der Waals surface area contributed by atoms with E-state index in [1.165, 1.54) is 19.1 Å². The van der Waals surface area contributed by atoms with E-state index in [2.05, 4.69) is 0 Å². The van der Waals surface area contributed by atoms with Crippen LogP contribution in [0.15, 0.2) is 23.8 Å². The molecule has 5 aliphatic rings. The molecule has 5 aliphatic carbocycles. The van der Waals surface area contributed by atoms with Crippen molar-refractivity contribution in [2.45, 2.75) is 97.1 Å². The van der Waals surface area contributed by atoms with Gasteiger partial charge in [-0.15, -0.1) is 0 Å². The van der Waals surface area contributed by atoms with E-state index >= 15 is 0 Å². The van der Waals surface area contributed by atoms with Crippen LogP contribution in [-0.2, 0) is 23.9 Å². The second kappa shape index (κ2) is 8.66. The lowest BCUT2D eigenvalue weighted by Gasteiger charge is -2.70. The number of esters is 1. The molecule has 0 radical (unpaired) electrons. The molecule has 9 atom stereocenters. The minimum atomic E-state index is -1.88. The first-order valence-corrected chi connectivity index (χ1v) is 14.2. The van der Waals surface area contributed by atoms with E-state index in [9.17, 15) is 39.6 Å². The maximum atomic E-state index is 14.3. The Morgan fingerprint density at radius 2 is 1.82 bits per heavy atom. The van der Waals surface area contributed by atoms with Gasteiger partial charge in [0.2, 0.25) is 0 Å². The summed E-state index contributed by atoms with van der Waals surface area (Å²) < 4.78 is 5.21. The summed E-state index contributed by atoms with van der Waals surface area (Å²) in [4.78, 5) is 51.9. The van der Waals surface area contributed by atoms with Crippen molar-refractivity contribution < 1.29 is 44.3 Å². The number of fused-ring (bicyclic) bond motifs is 4. The van der Waals surface area contributed by atoms with Gasteiger partial charge in [-0.05, 0) is 88.2 Å². The normalized spacial score (nSPS) is 45.5. The van der Waals surface area contributed by atoms with Crippen molar-refractivity contribution in [1.82, 2.24) is 0 Å². The molecule has 0 bridgehead atoms. The van der Waals surface area contributed by atoms with Crippen molar-refractivity contribution in [3.63, 3.8) is 0 Å². The molecule has 0 aromatic heterocycles. The fourth-order valence-corrected chi connectivity index (χ4v) is 9.97. The van der Waals surface area contributed by atoms with Gasteiger partial charge in [0.1, 0.15) is 23.1 Å². The zero-order chi connectivity index (χ0) is 29.8. The fraction of sp³-hybridized carbons (Fsp3) is 0.742. The zero-order valence-corrected chi connectivity index (χ0v) is 24.2. The molecule has 1 spiro atoms. The number of ether oxygens (including phenoxy) is 1. The minimum Gasteiger partial charge on any atom is -0.456 e. The predicted molar refractivity (Wildman–Crippen MR) is 142 cm³/mol. The van der Waals surface area contributed by atoms with Gasteiger partial charge >= 0.3 is 5.97 Å². The molecule has 5 rings (SSSR count). The number of hydrogen-bond acceptors (Lipinski definition) is 9. The molecule has 0 unspecified atom stereocenters. The molecular formula is C31H42O9. The second-order valence-corrected chi connectivity index (χ2v) is 14.4. The van der Waals surface area contributed by atoms with E-state index in [4.69, 9.17) is 4.74 Å². The molecule has 220 valence electrons. The van der Waals surface area contributed by atoms with E-state index in [0.29, 0.717) is 6.42 Å². The molecule has 0 heterocycles. The van der Waals surface area contributed by atoms with Gasteiger partial charge < -0.3 is 25.2 Å². The lowest BCUT2D eigenvalue weighted by Crippen LogP contribution is -2.74. The second-order valence-electron chi connectivity index (χ2n) is 14.4. The van der Waals surface area contributed by atoms with Crippen LogP contribution in [0.25, 0.3) is 0 Å². The molecule has 0 aliphatic heterocycles. The third-order valence-electron chi connectivity index (χ3n) is 11.6. The number of Topliss-reactive ketones (excluding diaryl/α,β-unsaturated/α-hetero) is 2. The standard InChI is InChI=1S/C31H42O9/c1-16(33)40-26(2,3)10-9-22(36)31(39)14-29-13-23(37)30(15-32)18-11-19(34)25(38)27(4,5)17(18)7-8-21(30)28(29,6)12-20(35)24(29)31/h7,9-10,18-21,24,32,34-35,39H,8,11-15H2,1-6H3/b10-9+/t18-,19+,20-,21+,24+,28+,29+,30+,31+/m1/s1. The van der Waals surface area contributed by atoms with Crippen molar-refractivity contribution in [3.8, 4) is 0 Å². The highest BCUT2D eigenvalue weighted by Gasteiger charge is 2.83. The Hall–Kier alpha value is -2.20. The molecule has 9 heteroatoms. The first-order chi connectivity index (χ1) is 18.3. The maximum Gasteiger partial charge on any atom is 0.303 e. The quantitative estimate of drug-likeness (QED) is 0.224. The number of aliphatic hydroxyl groups excluding tert-OH is 3. The molecule has 0 amide bonds. The summed E-state index contributed by atoms with van der Waals surface area (Å²) in [5, 5.41) is 44.7. The van der Waals surface area contributed by atoms with Crippen LogP contribution in [0.2, 0.25) is 0 Å². The molecule has 0 saturated heterocycles. The van der Waals surface area contributed by atoms with Crippen LogP contribution < -0.4 is 0 Å². The third-order valence-corrected chi connectivity index (χ3v) is 11.6. The number of allylic oxidation sites excluding steroid dienone is 2. The van der Waals surface area contributed by atoms with E-state index in [1.54, 1.807) is 27.7 Å². The Balaban J connectivity index is 1.53. The summed E-state index contributed by atoms with van der Waals surface area (Å²) >= 11 is 0. The molecule has 0 aromatic rings. The van der Waals surface area contributed by atoms with Gasteiger partial charge in [0, 0.05) is 24.7 Å². The predicted octanol–water partition coefficient (Wildman–Crippen LogP) is 1.84. The molecule has 4 saturated carbocycles. The number of aliphatic hydroxyl groups is 4. The fourth-order valence-electron chi connectivity index (χ4n) is 9.97. The first-order valence-electron chi connectivity index (χ1n) is 14.2. The van der Waals surface area contributed by atoms with Crippen LogP contribution in [-0.4, -0.2) is 73.8 Å². The summed E-state index contributed by atoms with van der Waals surface area (Å²) in [7, 11) is 0. The van der Waals surface area contributed by atoms with Crippen molar-refractivity contribution in [3.05, 3.63) is 23.8 Å². The molecule has 9 nitrogen and oxygen atoms in total. The lowest BCUT2D eigenvalue weighted by atomic mass is 9.33. The Kier molecular flexibility index (Phi) is 6.34. The van der Waals surface area contributed by atoms with Gasteiger partial charge in [0.25, 0.3) is 0 Å². The van der Waals surface area contributed by atoms with Crippen LogP contribution in [0, 0.1) is 39.4 Å². The number of hydrogen-bond donors (Lipinski definition) is 4. The zero-order valence-electron chi connectivity index (χ0n) is 24.2. The number of carbonyl (C=O) groups is 4. The van der Waals surface area contributed by atoms with Crippen molar-refractivity contribution >= 4 is 23.3 Å². The van der Waals surface area contributed by atoms with E-state index in [-0.39, 0.29) is 37.2 Å². The van der Waals surface area contributed by atoms with Gasteiger partial charge in [-0.3, -0.25) is 19.2 Å². The van der Waals surface area contributed by atoms with Gasteiger partial charge in [-0.1, -0.05) is 18.6 Å². The summed E-state index contributed by atoms with van der Waals surface area (Å²) in [5.74, 6) is -3.43. The third kappa shape index (κ3) is 3.47. The highest BCUT2D eigenvalue weighted by Crippen LogP contribution is 2.80. The average molecular weight is 559 g/mol. The van der Waals surface area contributed by atoms with Gasteiger partial charge in [0.15, 0.2) is 11.6 Å². The number of rotatable bonds is 5. The first kappa shape index (κ1) is 29.3. The largest absolute Gasteiger partial charge is 0.456 e. The van der Waals surface area contributed by atoms with Gasteiger partial charge in [0.05, 0.1) is 18.1 Å². The van der Waals surface area contributed by atoms with Crippen LogP contribution in [0.5, 0.6) is 0 Å². The summed E-state index contributed by atoms with van der Waals surface area (Å²) in [6, 6.07) is 0. The maximum absolute atomic E-state index is 14.3. The molecule has 4 fully saturated rings. The van der Waals surface area contributed by atoms with E-state index in [0.717, 1.165) is 5.57 Å². The molecular weight excluding hydrogens is 516 g/mol. The van der Waals surface area contributed by atoms with Crippen molar-refractivity contribution in [2.75, 3.05) is 6.61 Å². The Morgan fingerprint density at radius 3 is 2.42 bits per heavy atom. The van der Waals surface area contributed by atoms with Gasteiger partial charge in [-0.25, -0.2) is 0 Å². The highest BCUT2D eigenvalue weighted by molar-refractivity contribution is 6.00. The van der Waals surface area contributed by atoms with Gasteiger partial charge in [-0.2, -0.15) is 0 Å². The smallest absolute Gasteiger partial charge is 0.303 e. The Labute approximate surface area is 234 Å². The van der Waals surface area contributed by atoms with Crippen molar-refractivity contribution in [2.24, 2.45) is 39.4 Å². The minimum absolute atomic E-state index is 0.00696. The average Bonchev–Trinajstić information content (AvgIpc) is 3.01. The highest BCUT2D eigenvalue weighted by atomic mass is 16.6. The topological polar surface area (TPSA) is 158 Å². The Morgan fingerprint density at radius 1 is 1.18 bits per heavy atom. The van der Waals surface area contributed by atoms with Crippen LogP contribution in [0.3, 0.4) is 0 Å². The van der Waals surface area contributed by atoms with Crippen LogP contribution >= 0.6 is 0 Å². The monoisotopic (exact) mass is 558 g/mol. The molecule has 40 heavy (non-hydrogen) atoms. The number of ketones is 3. The number of carbonyl (C=O) groups excluding carboxylic acids is 4. The lowest BCUT2D eigenvalue weighted by molar-refractivity contribution is -0.253. The van der Waals surface area contributed by atoms with Crippen LogP contribution in [0.4, 0.5) is 0 Å². The van der Waals surface area contributed by atoms with Crippen LogP contribution in [0.1, 0.15) is 73.6 Å². The van der Waals surface area contributed by atoms with E-state index in [1.807, 2.05) is 13.0 Å². The SMILES string of the molecule is CC(=O)OC(C)(C)/C=C/C(=O)[C@@]1(O)C[C@]23CC(=O)[C@@]4(CO)[C@@H]5C[C@H](O)C(=O)C(C)(C)C5=CC[C@H]4[C@]2(C)C[C@@H](O)[C@@H]31. The van der Waals surface area contributed by atoms with Crippen molar-refractivity contribution in [1.29, 1.82) is 0 Å². The molecule has 4 N–H and O–H groups in total. The summed E-state index contributed by atoms with van der Waals surface area (Å²) in [6.45, 7) is 9.54. The summed E-state index contributed by atoms with van der Waals surface area (Å²) in [6.07, 6.45) is 2.98.